The van der Waals surface area contributed by atoms with Crippen molar-refractivity contribution < 1.29 is 14.6 Å². The molecule has 1 saturated carbocycles. The molecule has 1 saturated heterocycles. The first-order chi connectivity index (χ1) is 20.7. The lowest BCUT2D eigenvalue weighted by molar-refractivity contribution is 0.0724. The molecule has 0 radical (unpaired) electrons. The molecule has 11 nitrogen and oxygen atoms in total. The quantitative estimate of drug-likeness (QED) is 0.243. The second-order valence-corrected chi connectivity index (χ2v) is 10.9. The number of fused-ring (bicyclic) bond motifs is 1. The number of rotatable bonds is 12. The number of nitrogens with zero attached hydrogens (tertiary/aromatic N) is 7. The Bertz CT molecular complexity index is 1450. The molecule has 0 unspecified atom stereocenters. The molecule has 3 aromatic heterocycles. The summed E-state index contributed by atoms with van der Waals surface area (Å²) in [5.41, 5.74) is 4.60. The van der Waals surface area contributed by atoms with E-state index in [-0.39, 0.29) is 6.61 Å². The first-order valence-electron chi connectivity index (χ1n) is 15.0. The average molecular weight is 573 g/mol. The number of anilines is 2. The number of piperazine rings is 1. The molecule has 1 aliphatic heterocycles. The minimum Gasteiger partial charge on any atom is -0.496 e. The number of hydrogen-bond acceptors (Lipinski definition) is 10. The van der Waals surface area contributed by atoms with Gasteiger partial charge in [-0.15, -0.1) is 0 Å². The highest BCUT2D eigenvalue weighted by atomic mass is 16.5. The highest BCUT2D eigenvalue weighted by molar-refractivity contribution is 5.84. The molecule has 42 heavy (non-hydrogen) atoms. The van der Waals surface area contributed by atoms with Crippen LogP contribution in [-0.2, 0) is 11.3 Å². The van der Waals surface area contributed by atoms with Crippen molar-refractivity contribution in [3.05, 3.63) is 54.5 Å². The summed E-state index contributed by atoms with van der Waals surface area (Å²) in [7, 11) is 1.68. The van der Waals surface area contributed by atoms with Crippen LogP contribution in [-0.4, -0.2) is 94.2 Å². The number of methoxy groups -OCH3 is 1. The summed E-state index contributed by atoms with van der Waals surface area (Å²) >= 11 is 0. The fourth-order valence-corrected chi connectivity index (χ4v) is 5.88. The van der Waals surface area contributed by atoms with Crippen LogP contribution in [0, 0.1) is 0 Å². The molecule has 11 heteroatoms. The van der Waals surface area contributed by atoms with Gasteiger partial charge in [-0.05, 0) is 36.6 Å². The number of aromatic nitrogens is 5. The van der Waals surface area contributed by atoms with E-state index in [4.69, 9.17) is 34.5 Å². The summed E-state index contributed by atoms with van der Waals surface area (Å²) in [6.07, 6.45) is 8.65. The molecule has 6 rings (SSSR count). The molecule has 1 aliphatic carbocycles. The van der Waals surface area contributed by atoms with Crippen LogP contribution in [0.5, 0.6) is 5.75 Å². The predicted molar refractivity (Wildman–Crippen MR) is 163 cm³/mol. The SMILES string of the molecule is COc1ccccc1-c1ccc(CNc2nc(N3CCN(CCOCCO)CC3)nc3c2ncn3C2CCCC2)cn1. The molecular formula is C31H40N8O3. The minimum atomic E-state index is 0.0616. The largest absolute Gasteiger partial charge is 0.496 e. The van der Waals surface area contributed by atoms with Crippen molar-refractivity contribution in [2.45, 2.75) is 38.3 Å². The summed E-state index contributed by atoms with van der Waals surface area (Å²) in [6, 6.07) is 12.5. The van der Waals surface area contributed by atoms with E-state index in [1.165, 1.54) is 12.8 Å². The second-order valence-electron chi connectivity index (χ2n) is 10.9. The number of para-hydroxylation sites is 1. The van der Waals surface area contributed by atoms with Crippen molar-refractivity contribution in [3.63, 3.8) is 0 Å². The van der Waals surface area contributed by atoms with Gasteiger partial charge in [0.2, 0.25) is 5.95 Å². The number of benzene rings is 1. The first-order valence-corrected chi connectivity index (χ1v) is 15.0. The van der Waals surface area contributed by atoms with E-state index in [9.17, 15) is 0 Å². The standard InChI is InChI=1S/C31H40N8O3/c1-41-27-9-5-4-8-25(27)26-11-10-23(20-32-26)21-33-29-28-30(39(22-34-28)24-6-2-3-7-24)36-31(35-29)38-14-12-37(13-15-38)16-18-42-19-17-40/h4-5,8-11,20,22,24,40H,2-3,6-7,12-19,21H2,1H3,(H,33,35,36). The molecule has 0 atom stereocenters. The molecular weight excluding hydrogens is 532 g/mol. The van der Waals surface area contributed by atoms with Gasteiger partial charge < -0.3 is 29.4 Å². The van der Waals surface area contributed by atoms with Gasteiger partial charge in [0.1, 0.15) is 5.75 Å². The molecule has 0 spiro atoms. The van der Waals surface area contributed by atoms with Crippen LogP contribution in [0.4, 0.5) is 11.8 Å². The van der Waals surface area contributed by atoms with Crippen molar-refractivity contribution in [2.75, 3.05) is 69.9 Å². The van der Waals surface area contributed by atoms with Gasteiger partial charge in [0.15, 0.2) is 17.0 Å². The summed E-state index contributed by atoms with van der Waals surface area (Å²) in [4.78, 5) is 24.2. The van der Waals surface area contributed by atoms with E-state index in [1.54, 1.807) is 7.11 Å². The maximum absolute atomic E-state index is 8.93. The van der Waals surface area contributed by atoms with Crippen LogP contribution in [0.15, 0.2) is 48.9 Å². The Morgan fingerprint density at radius 2 is 1.81 bits per heavy atom. The minimum absolute atomic E-state index is 0.0616. The van der Waals surface area contributed by atoms with Gasteiger partial charge in [0.25, 0.3) is 0 Å². The topological polar surface area (TPSA) is 114 Å². The lowest BCUT2D eigenvalue weighted by Crippen LogP contribution is -2.48. The van der Waals surface area contributed by atoms with Crippen LogP contribution in [0.2, 0.25) is 0 Å². The van der Waals surface area contributed by atoms with Crippen LogP contribution in [0.3, 0.4) is 0 Å². The van der Waals surface area contributed by atoms with E-state index in [1.807, 2.05) is 42.9 Å². The smallest absolute Gasteiger partial charge is 0.229 e. The normalized spacial score (nSPS) is 16.4. The first kappa shape index (κ1) is 28.3. The van der Waals surface area contributed by atoms with Crippen molar-refractivity contribution in [2.24, 2.45) is 0 Å². The maximum Gasteiger partial charge on any atom is 0.229 e. The molecule has 1 aromatic carbocycles. The van der Waals surface area contributed by atoms with Crippen LogP contribution >= 0.6 is 0 Å². The average Bonchev–Trinajstić information content (AvgIpc) is 3.73. The van der Waals surface area contributed by atoms with E-state index < -0.39 is 0 Å². The van der Waals surface area contributed by atoms with Crippen molar-refractivity contribution in [3.8, 4) is 17.0 Å². The second kappa shape index (κ2) is 13.5. The lowest BCUT2D eigenvalue weighted by atomic mass is 10.1. The number of imidazole rings is 1. The molecule has 2 aliphatic rings. The molecule has 222 valence electrons. The fraction of sp³-hybridized carbons (Fsp3) is 0.484. The molecule has 2 N–H and O–H groups in total. The summed E-state index contributed by atoms with van der Waals surface area (Å²) < 4.78 is 13.2. The third-order valence-electron chi connectivity index (χ3n) is 8.24. The van der Waals surface area contributed by atoms with Gasteiger partial charge in [-0.25, -0.2) is 4.98 Å². The van der Waals surface area contributed by atoms with Crippen LogP contribution in [0.25, 0.3) is 22.4 Å². The van der Waals surface area contributed by atoms with Gasteiger partial charge in [-0.2, -0.15) is 9.97 Å². The lowest BCUT2D eigenvalue weighted by Gasteiger charge is -2.34. The van der Waals surface area contributed by atoms with Gasteiger partial charge in [0.05, 0.1) is 39.0 Å². The zero-order valence-corrected chi connectivity index (χ0v) is 24.3. The van der Waals surface area contributed by atoms with E-state index in [0.29, 0.717) is 25.8 Å². The van der Waals surface area contributed by atoms with Crippen molar-refractivity contribution in [1.82, 2.24) is 29.4 Å². The monoisotopic (exact) mass is 572 g/mol. The zero-order valence-electron chi connectivity index (χ0n) is 24.3. The number of nitrogens with one attached hydrogen (secondary N) is 1. The van der Waals surface area contributed by atoms with E-state index in [0.717, 1.165) is 91.1 Å². The maximum atomic E-state index is 8.93. The predicted octanol–water partition coefficient (Wildman–Crippen LogP) is 3.76. The summed E-state index contributed by atoms with van der Waals surface area (Å²) in [5, 5.41) is 12.5. The number of ether oxygens (including phenoxy) is 2. The number of hydrogen-bond donors (Lipinski definition) is 2. The van der Waals surface area contributed by atoms with Crippen LogP contribution < -0.4 is 15.0 Å². The number of aliphatic hydroxyl groups excluding tert-OH is 1. The molecule has 0 bridgehead atoms. The Balaban J connectivity index is 1.20. The van der Waals surface area contributed by atoms with Gasteiger partial charge in [-0.3, -0.25) is 9.88 Å². The molecule has 4 aromatic rings. The van der Waals surface area contributed by atoms with E-state index in [2.05, 4.69) is 25.8 Å². The molecule has 4 heterocycles. The summed E-state index contributed by atoms with van der Waals surface area (Å²) in [5.74, 6) is 2.30. The van der Waals surface area contributed by atoms with Crippen molar-refractivity contribution in [1.29, 1.82) is 0 Å². The van der Waals surface area contributed by atoms with Gasteiger partial charge >= 0.3 is 0 Å². The highest BCUT2D eigenvalue weighted by Gasteiger charge is 2.25. The summed E-state index contributed by atoms with van der Waals surface area (Å²) in [6.45, 7) is 6.03. The highest BCUT2D eigenvalue weighted by Crippen LogP contribution is 2.34. The third-order valence-corrected chi connectivity index (χ3v) is 8.24. The van der Waals surface area contributed by atoms with Crippen LogP contribution in [0.1, 0.15) is 37.3 Å². The van der Waals surface area contributed by atoms with E-state index >= 15 is 0 Å². The Labute approximate surface area is 246 Å². The zero-order chi connectivity index (χ0) is 28.7. The Morgan fingerprint density at radius 1 is 0.976 bits per heavy atom. The Hall–Kier alpha value is -3.80. The number of pyridine rings is 1. The Morgan fingerprint density at radius 3 is 2.57 bits per heavy atom. The number of aliphatic hydroxyl groups is 1. The van der Waals surface area contributed by atoms with Gasteiger partial charge in [0, 0.05) is 57.1 Å². The van der Waals surface area contributed by atoms with Crippen molar-refractivity contribution >= 4 is 22.9 Å². The van der Waals surface area contributed by atoms with Gasteiger partial charge in [-0.1, -0.05) is 31.0 Å². The fourth-order valence-electron chi connectivity index (χ4n) is 5.88. The third kappa shape index (κ3) is 6.33. The molecule has 2 fully saturated rings. The Kier molecular flexibility index (Phi) is 9.07. The molecule has 0 amide bonds.